The molecule has 2 amide bonds. The van der Waals surface area contributed by atoms with Crippen molar-refractivity contribution in [2.45, 2.75) is 13.8 Å². The van der Waals surface area contributed by atoms with Crippen molar-refractivity contribution in [2.24, 2.45) is 0 Å². The summed E-state index contributed by atoms with van der Waals surface area (Å²) < 4.78 is 13.1. The lowest BCUT2D eigenvalue weighted by Gasteiger charge is -2.14. The van der Waals surface area contributed by atoms with Crippen molar-refractivity contribution in [1.29, 1.82) is 0 Å². The Morgan fingerprint density at radius 2 is 1.48 bits per heavy atom. The zero-order valence-corrected chi connectivity index (χ0v) is 14.7. The average molecular weight is 344 g/mol. The Morgan fingerprint density at radius 3 is 2.04 bits per heavy atom. The number of carbonyl (C=O) groups excluding carboxylic acids is 2. The number of rotatable bonds is 6. The zero-order valence-electron chi connectivity index (χ0n) is 14.7. The molecule has 0 saturated carbocycles. The lowest BCUT2D eigenvalue weighted by Crippen LogP contribution is -3.11. The quantitative estimate of drug-likeness (QED) is 0.744. The molecular formula is C19H23FN3O2+. The fraction of sp³-hybridized carbons (Fsp3) is 0.263. The van der Waals surface area contributed by atoms with Crippen LogP contribution in [0.25, 0.3) is 0 Å². The van der Waals surface area contributed by atoms with Crippen LogP contribution in [0.1, 0.15) is 11.1 Å². The van der Waals surface area contributed by atoms with Crippen LogP contribution in [-0.2, 0) is 9.59 Å². The van der Waals surface area contributed by atoms with E-state index in [9.17, 15) is 14.0 Å². The predicted molar refractivity (Wildman–Crippen MR) is 96.2 cm³/mol. The minimum atomic E-state index is -0.411. The molecule has 0 aromatic heterocycles. The molecule has 0 spiro atoms. The maximum Gasteiger partial charge on any atom is 0.279 e. The largest absolute Gasteiger partial charge is 0.322 e. The van der Waals surface area contributed by atoms with Gasteiger partial charge in [0.2, 0.25) is 0 Å². The molecule has 132 valence electrons. The molecular weight excluding hydrogens is 321 g/mol. The maximum absolute atomic E-state index is 13.1. The molecule has 0 heterocycles. The summed E-state index contributed by atoms with van der Waals surface area (Å²) in [6.07, 6.45) is 0. The Balaban J connectivity index is 1.83. The molecule has 0 bridgehead atoms. The predicted octanol–water partition coefficient (Wildman–Crippen LogP) is 1.53. The van der Waals surface area contributed by atoms with Gasteiger partial charge in [-0.05, 0) is 55.3 Å². The Kier molecular flexibility index (Phi) is 6.25. The number of carbonyl (C=O) groups is 2. The van der Waals surface area contributed by atoms with Crippen molar-refractivity contribution in [1.82, 2.24) is 0 Å². The molecule has 1 atom stereocenters. The van der Waals surface area contributed by atoms with Crippen LogP contribution < -0.4 is 15.5 Å². The molecule has 25 heavy (non-hydrogen) atoms. The lowest BCUT2D eigenvalue weighted by atomic mass is 10.1. The number of halogens is 1. The van der Waals surface area contributed by atoms with Gasteiger partial charge < -0.3 is 15.5 Å². The third kappa shape index (κ3) is 6.35. The van der Waals surface area contributed by atoms with Gasteiger partial charge in [0.1, 0.15) is 5.82 Å². The number of nitrogens with one attached hydrogen (secondary N) is 3. The summed E-state index contributed by atoms with van der Waals surface area (Å²) in [6, 6.07) is 11.5. The second-order valence-corrected chi connectivity index (χ2v) is 6.29. The Hall–Kier alpha value is -2.73. The summed E-state index contributed by atoms with van der Waals surface area (Å²) in [4.78, 5) is 24.8. The van der Waals surface area contributed by atoms with Crippen LogP contribution in [0.5, 0.6) is 0 Å². The first kappa shape index (κ1) is 18.6. The van der Waals surface area contributed by atoms with Crippen LogP contribution >= 0.6 is 0 Å². The van der Waals surface area contributed by atoms with Crippen LogP contribution in [-0.4, -0.2) is 32.0 Å². The second-order valence-electron chi connectivity index (χ2n) is 6.29. The number of benzene rings is 2. The van der Waals surface area contributed by atoms with Crippen molar-refractivity contribution in [3.63, 3.8) is 0 Å². The highest BCUT2D eigenvalue weighted by Gasteiger charge is 2.15. The first-order valence-electron chi connectivity index (χ1n) is 8.06. The van der Waals surface area contributed by atoms with E-state index in [1.807, 2.05) is 32.0 Å². The standard InChI is InChI=1S/C19H22FN3O2/c1-13-7-14(2)9-17(8-13)22-19(25)12-23(3)11-18(24)21-16-6-4-5-15(20)10-16/h4-10H,11-12H2,1-3H3,(H,21,24)(H,22,25)/p+1. The van der Waals surface area contributed by atoms with E-state index in [1.165, 1.54) is 18.2 Å². The van der Waals surface area contributed by atoms with Gasteiger partial charge in [0, 0.05) is 11.4 Å². The number of likely N-dealkylation sites (N-methyl/N-ethyl adjacent to an activating group) is 1. The van der Waals surface area contributed by atoms with Crippen molar-refractivity contribution < 1.29 is 18.9 Å². The molecule has 0 fully saturated rings. The third-order valence-electron chi connectivity index (χ3n) is 3.54. The van der Waals surface area contributed by atoms with Crippen LogP contribution in [0.3, 0.4) is 0 Å². The molecule has 2 aromatic rings. The second kappa shape index (κ2) is 8.39. The molecule has 2 aromatic carbocycles. The SMILES string of the molecule is Cc1cc(C)cc(NC(=O)C[NH+](C)CC(=O)Nc2cccc(F)c2)c1. The van der Waals surface area contributed by atoms with E-state index in [-0.39, 0.29) is 24.9 Å². The van der Waals surface area contributed by atoms with Crippen LogP contribution in [0, 0.1) is 19.7 Å². The van der Waals surface area contributed by atoms with Crippen molar-refractivity contribution in [3.05, 3.63) is 59.4 Å². The number of quaternary nitrogens is 1. The number of anilines is 2. The van der Waals surface area contributed by atoms with Crippen molar-refractivity contribution >= 4 is 23.2 Å². The highest BCUT2D eigenvalue weighted by atomic mass is 19.1. The van der Waals surface area contributed by atoms with Gasteiger partial charge in [-0.1, -0.05) is 12.1 Å². The highest BCUT2D eigenvalue weighted by molar-refractivity contribution is 5.93. The molecule has 0 aliphatic heterocycles. The maximum atomic E-state index is 13.1. The Morgan fingerprint density at radius 1 is 0.920 bits per heavy atom. The van der Waals surface area contributed by atoms with E-state index < -0.39 is 5.82 Å². The molecule has 3 N–H and O–H groups in total. The summed E-state index contributed by atoms with van der Waals surface area (Å²) in [5.74, 6) is -0.852. The van der Waals surface area contributed by atoms with E-state index >= 15 is 0 Å². The molecule has 6 heteroatoms. The van der Waals surface area contributed by atoms with Gasteiger partial charge in [0.05, 0.1) is 7.05 Å². The molecule has 2 rings (SSSR count). The van der Waals surface area contributed by atoms with E-state index in [0.717, 1.165) is 21.7 Å². The first-order valence-corrected chi connectivity index (χ1v) is 8.06. The smallest absolute Gasteiger partial charge is 0.279 e. The topological polar surface area (TPSA) is 62.6 Å². The van der Waals surface area contributed by atoms with Gasteiger partial charge in [-0.25, -0.2) is 4.39 Å². The van der Waals surface area contributed by atoms with Gasteiger partial charge >= 0.3 is 0 Å². The number of hydrogen-bond donors (Lipinski definition) is 3. The Labute approximate surface area is 146 Å². The minimum absolute atomic E-state index is 0.108. The molecule has 0 aliphatic carbocycles. The lowest BCUT2D eigenvalue weighted by molar-refractivity contribution is -0.862. The van der Waals surface area contributed by atoms with Gasteiger partial charge in [0.25, 0.3) is 11.8 Å². The van der Waals surface area contributed by atoms with Crippen LogP contribution in [0.4, 0.5) is 15.8 Å². The monoisotopic (exact) mass is 344 g/mol. The van der Waals surface area contributed by atoms with E-state index in [1.54, 1.807) is 13.1 Å². The third-order valence-corrected chi connectivity index (χ3v) is 3.54. The van der Waals surface area contributed by atoms with Crippen LogP contribution in [0.15, 0.2) is 42.5 Å². The van der Waals surface area contributed by atoms with Gasteiger partial charge in [-0.2, -0.15) is 0 Å². The van der Waals surface area contributed by atoms with E-state index in [0.29, 0.717) is 5.69 Å². The summed E-state index contributed by atoms with van der Waals surface area (Å²) in [7, 11) is 1.76. The van der Waals surface area contributed by atoms with Gasteiger partial charge in [0.15, 0.2) is 13.1 Å². The number of amides is 2. The fourth-order valence-electron chi connectivity index (χ4n) is 2.63. The number of aryl methyl sites for hydroxylation is 2. The molecule has 0 radical (unpaired) electrons. The summed E-state index contributed by atoms with van der Waals surface area (Å²) >= 11 is 0. The van der Waals surface area contributed by atoms with Gasteiger partial charge in [-0.15, -0.1) is 0 Å². The van der Waals surface area contributed by atoms with Crippen LogP contribution in [0.2, 0.25) is 0 Å². The normalized spacial score (nSPS) is 11.7. The van der Waals surface area contributed by atoms with Gasteiger partial charge in [-0.3, -0.25) is 9.59 Å². The zero-order chi connectivity index (χ0) is 18.4. The highest BCUT2D eigenvalue weighted by Crippen LogP contribution is 2.13. The molecule has 5 nitrogen and oxygen atoms in total. The van der Waals surface area contributed by atoms with E-state index in [2.05, 4.69) is 10.6 Å². The van der Waals surface area contributed by atoms with Crippen molar-refractivity contribution in [3.8, 4) is 0 Å². The minimum Gasteiger partial charge on any atom is -0.322 e. The summed E-state index contributed by atoms with van der Waals surface area (Å²) in [5, 5.41) is 5.46. The summed E-state index contributed by atoms with van der Waals surface area (Å²) in [5.41, 5.74) is 3.30. The molecule has 1 unspecified atom stereocenters. The molecule has 0 aliphatic rings. The van der Waals surface area contributed by atoms with E-state index in [4.69, 9.17) is 0 Å². The first-order chi connectivity index (χ1) is 11.8. The average Bonchev–Trinajstić information content (AvgIpc) is 2.45. The summed E-state index contributed by atoms with van der Waals surface area (Å²) in [6.45, 7) is 4.20. The number of hydrogen-bond acceptors (Lipinski definition) is 2. The molecule has 0 saturated heterocycles. The van der Waals surface area contributed by atoms with Crippen molar-refractivity contribution in [2.75, 3.05) is 30.8 Å². The Bertz CT molecular complexity index is 757. The fourth-order valence-corrected chi connectivity index (χ4v) is 2.63.